The number of H-pyrrole nitrogens is 1. The molecule has 0 bridgehead atoms. The third-order valence-electron chi connectivity index (χ3n) is 10.4. The number of carboxylic acid groups (broad SMARTS) is 1. The zero-order valence-corrected chi connectivity index (χ0v) is 30.5. The Balaban J connectivity index is 1.08. The zero-order chi connectivity index (χ0) is 38.7. The summed E-state index contributed by atoms with van der Waals surface area (Å²) >= 11 is 0. The summed E-state index contributed by atoms with van der Waals surface area (Å²) in [4.78, 5) is 46.7. The first-order chi connectivity index (χ1) is 26.4. The number of hydrogen-bond acceptors (Lipinski definition) is 11. The smallest absolute Gasteiger partial charge is 0.407 e. The number of alkyl halides is 1. The number of likely N-dealkylation sites (tertiary alicyclic amines) is 1. The van der Waals surface area contributed by atoms with Gasteiger partial charge < -0.3 is 29.8 Å². The second-order valence-corrected chi connectivity index (χ2v) is 15.5. The van der Waals surface area contributed by atoms with Gasteiger partial charge in [0.05, 0.1) is 21.6 Å². The van der Waals surface area contributed by atoms with E-state index >= 15 is 4.39 Å². The van der Waals surface area contributed by atoms with Gasteiger partial charge in [0, 0.05) is 69.6 Å². The van der Waals surface area contributed by atoms with Crippen LogP contribution in [0.5, 0.6) is 11.5 Å². The van der Waals surface area contributed by atoms with Gasteiger partial charge in [-0.3, -0.25) is 19.8 Å². The Morgan fingerprint density at radius 2 is 1.89 bits per heavy atom. The summed E-state index contributed by atoms with van der Waals surface area (Å²) in [6.45, 7) is 2.71. The lowest BCUT2D eigenvalue weighted by Crippen LogP contribution is -2.50. The van der Waals surface area contributed by atoms with E-state index in [1.807, 2.05) is 4.72 Å². The van der Waals surface area contributed by atoms with E-state index in [2.05, 4.69) is 20.2 Å². The van der Waals surface area contributed by atoms with Crippen LogP contribution in [0.15, 0.2) is 71.9 Å². The highest BCUT2D eigenvalue weighted by molar-refractivity contribution is 7.90. The number of nitrogens with zero attached hydrogens (tertiary/aromatic N) is 4. The van der Waals surface area contributed by atoms with Crippen molar-refractivity contribution in [2.45, 2.75) is 48.7 Å². The van der Waals surface area contributed by atoms with E-state index in [4.69, 9.17) is 9.47 Å². The van der Waals surface area contributed by atoms with Crippen LogP contribution in [0.1, 0.15) is 48.0 Å². The highest BCUT2D eigenvalue weighted by Gasteiger charge is 2.37. The fraction of sp³-hybridized carbons (Fsp3) is 0.378. The number of anilines is 1. The van der Waals surface area contributed by atoms with E-state index in [1.165, 1.54) is 23.2 Å². The average molecular weight is 778 g/mol. The normalized spacial score (nSPS) is 18.1. The van der Waals surface area contributed by atoms with Gasteiger partial charge in [0.15, 0.2) is 0 Å². The summed E-state index contributed by atoms with van der Waals surface area (Å²) in [6.07, 6.45) is 6.54. The molecule has 4 N–H and O–H groups in total. The first kappa shape index (κ1) is 37.7. The Morgan fingerprint density at radius 1 is 1.11 bits per heavy atom. The van der Waals surface area contributed by atoms with Gasteiger partial charge in [-0.05, 0) is 79.6 Å². The number of nitro groups is 1. The van der Waals surface area contributed by atoms with Gasteiger partial charge in [-0.1, -0.05) is 12.1 Å². The molecule has 0 spiro atoms. The standard InChI is InChI=1S/C37H40FN7O9S/c38-37(10-15-43(16-11-37)27-8-17-53-18-9-27)23-41-31-4-2-29(21-32(31)45(49)50)55(51,52)42-35(46)30-3-1-25(24-6-13-44(14-7-24)36(47)48)20-33(30)54-28-19-26-5-12-39-34(26)40-22-28/h1-6,12,19-22,27,41H,7-11,13-18,23H2,(H,39,40)(H,42,46)(H,47,48). The highest BCUT2D eigenvalue weighted by Crippen LogP contribution is 2.35. The average Bonchev–Trinajstić information content (AvgIpc) is 3.66. The number of nitro benzene ring substituents is 1. The fourth-order valence-corrected chi connectivity index (χ4v) is 8.17. The molecule has 2 amide bonds. The van der Waals surface area contributed by atoms with Crippen LogP contribution in [0.3, 0.4) is 0 Å². The molecule has 2 saturated heterocycles. The lowest BCUT2D eigenvalue weighted by atomic mass is 9.91. The van der Waals surface area contributed by atoms with E-state index in [0.29, 0.717) is 50.0 Å². The second kappa shape index (κ2) is 15.6. The van der Waals surface area contributed by atoms with Crippen molar-refractivity contribution in [3.05, 3.63) is 88.2 Å². The molecule has 18 heteroatoms. The predicted octanol–water partition coefficient (Wildman–Crippen LogP) is 5.54. The molecule has 0 atom stereocenters. The molecule has 3 aliphatic rings. The maximum atomic E-state index is 15.8. The first-order valence-electron chi connectivity index (χ1n) is 17.9. The molecular formula is C37H40FN7O9S. The Bertz CT molecular complexity index is 2250. The number of aromatic amines is 1. The van der Waals surface area contributed by atoms with Crippen LogP contribution in [0.25, 0.3) is 16.6 Å². The number of benzene rings is 2. The number of halogens is 1. The molecular weight excluding hydrogens is 738 g/mol. The first-order valence-corrected chi connectivity index (χ1v) is 19.4. The molecule has 2 aromatic heterocycles. The van der Waals surface area contributed by atoms with Crippen LogP contribution >= 0.6 is 0 Å². The van der Waals surface area contributed by atoms with Crippen molar-refractivity contribution in [1.82, 2.24) is 24.5 Å². The number of fused-ring (bicyclic) bond motifs is 1. The summed E-state index contributed by atoms with van der Waals surface area (Å²) in [6, 6.07) is 11.5. The molecule has 16 nitrogen and oxygen atoms in total. The molecule has 0 radical (unpaired) electrons. The van der Waals surface area contributed by atoms with Crippen molar-refractivity contribution < 1.29 is 41.9 Å². The van der Waals surface area contributed by atoms with Crippen molar-refractivity contribution in [3.8, 4) is 11.5 Å². The molecule has 55 heavy (non-hydrogen) atoms. The van der Waals surface area contributed by atoms with Gasteiger partial charge in [0.2, 0.25) is 0 Å². The topological polar surface area (TPSA) is 209 Å². The fourth-order valence-electron chi connectivity index (χ4n) is 7.19. The number of carbonyl (C=O) groups is 2. The number of pyridine rings is 1. The van der Waals surface area contributed by atoms with Crippen LogP contribution in [-0.4, -0.2) is 108 Å². The minimum atomic E-state index is -4.67. The minimum absolute atomic E-state index is 0.00674. The van der Waals surface area contributed by atoms with E-state index in [0.717, 1.165) is 35.9 Å². The van der Waals surface area contributed by atoms with Crippen molar-refractivity contribution in [3.63, 3.8) is 0 Å². The summed E-state index contributed by atoms with van der Waals surface area (Å²) in [7, 11) is -4.67. The number of amides is 2. The quantitative estimate of drug-likeness (QED) is 0.109. The number of nitrogens with one attached hydrogen (secondary N) is 3. The summed E-state index contributed by atoms with van der Waals surface area (Å²) in [5.74, 6) is -0.814. The minimum Gasteiger partial charge on any atom is -0.465 e. The van der Waals surface area contributed by atoms with Gasteiger partial charge in [-0.15, -0.1) is 0 Å². The molecule has 3 aliphatic heterocycles. The van der Waals surface area contributed by atoms with Gasteiger partial charge in [0.25, 0.3) is 21.6 Å². The largest absolute Gasteiger partial charge is 0.465 e. The number of aromatic nitrogens is 2. The predicted molar refractivity (Wildman–Crippen MR) is 200 cm³/mol. The van der Waals surface area contributed by atoms with E-state index in [9.17, 15) is 33.2 Å². The maximum Gasteiger partial charge on any atom is 0.407 e. The van der Waals surface area contributed by atoms with Gasteiger partial charge >= 0.3 is 6.09 Å². The van der Waals surface area contributed by atoms with E-state index in [1.54, 1.807) is 36.5 Å². The Hall–Kier alpha value is -5.59. The van der Waals surface area contributed by atoms with Gasteiger partial charge in [-0.25, -0.2) is 27.3 Å². The second-order valence-electron chi connectivity index (χ2n) is 13.9. The molecule has 0 aliphatic carbocycles. The Morgan fingerprint density at radius 3 is 2.60 bits per heavy atom. The van der Waals surface area contributed by atoms with E-state index < -0.39 is 43.2 Å². The third-order valence-corrected chi connectivity index (χ3v) is 11.7. The Labute approximate surface area is 315 Å². The molecule has 2 fully saturated rings. The molecule has 0 saturated carbocycles. The SMILES string of the molecule is O=C(NS(=O)(=O)c1ccc(NCC2(F)CCN(C3CCOCC3)CC2)c([N+](=O)[O-])c1)c1ccc(C2=CCN(C(=O)O)CC2)cc1Oc1cnc2[nH]ccc2c1. The molecule has 2 aromatic carbocycles. The monoisotopic (exact) mass is 777 g/mol. The summed E-state index contributed by atoms with van der Waals surface area (Å²) < 4.78 is 56.5. The molecule has 7 rings (SSSR count). The lowest BCUT2D eigenvalue weighted by molar-refractivity contribution is -0.384. The number of ether oxygens (including phenoxy) is 2. The summed E-state index contributed by atoms with van der Waals surface area (Å²) in [5, 5.41) is 25.0. The summed E-state index contributed by atoms with van der Waals surface area (Å²) in [5.41, 5.74) is -0.376. The van der Waals surface area contributed by atoms with Gasteiger partial charge in [0.1, 0.15) is 28.5 Å². The number of hydrogen-bond donors (Lipinski definition) is 4. The number of sulfonamides is 1. The van der Waals surface area contributed by atoms with Crippen LogP contribution in [-0.2, 0) is 14.8 Å². The molecule has 5 heterocycles. The molecule has 290 valence electrons. The van der Waals surface area contributed by atoms with Crippen LogP contribution in [0, 0.1) is 10.1 Å². The number of rotatable bonds is 11. The van der Waals surface area contributed by atoms with Crippen molar-refractivity contribution in [1.29, 1.82) is 0 Å². The van der Waals surface area contributed by atoms with Crippen LogP contribution in [0.2, 0.25) is 0 Å². The van der Waals surface area contributed by atoms with Crippen molar-refractivity contribution in [2.75, 3.05) is 51.3 Å². The maximum absolute atomic E-state index is 15.8. The highest BCUT2D eigenvalue weighted by atomic mass is 32.2. The third kappa shape index (κ3) is 8.55. The molecule has 0 unspecified atom stereocenters. The van der Waals surface area contributed by atoms with Crippen molar-refractivity contribution in [2.24, 2.45) is 0 Å². The Kier molecular flexibility index (Phi) is 10.7. The van der Waals surface area contributed by atoms with Crippen LogP contribution in [0.4, 0.5) is 20.6 Å². The zero-order valence-electron chi connectivity index (χ0n) is 29.7. The van der Waals surface area contributed by atoms with Crippen molar-refractivity contribution >= 4 is 50.0 Å². The van der Waals surface area contributed by atoms with E-state index in [-0.39, 0.29) is 55.2 Å². The molecule has 4 aromatic rings. The number of piperidine rings is 1. The number of carbonyl (C=O) groups excluding carboxylic acids is 1. The lowest BCUT2D eigenvalue weighted by Gasteiger charge is -2.41. The van der Waals surface area contributed by atoms with Gasteiger partial charge in [-0.2, -0.15) is 0 Å². The van der Waals surface area contributed by atoms with Crippen LogP contribution < -0.4 is 14.8 Å².